The van der Waals surface area contributed by atoms with E-state index in [1.807, 2.05) is 67.7 Å². The molecule has 1 fully saturated rings. The third kappa shape index (κ3) is 5.80. The Morgan fingerprint density at radius 2 is 1.91 bits per heavy atom. The zero-order chi connectivity index (χ0) is 23.4. The summed E-state index contributed by atoms with van der Waals surface area (Å²) < 4.78 is 1.62. The van der Waals surface area contributed by atoms with E-state index in [1.54, 1.807) is 17.2 Å². The predicted molar refractivity (Wildman–Crippen MR) is 132 cm³/mol. The van der Waals surface area contributed by atoms with Crippen molar-refractivity contribution in [3.8, 4) is 11.1 Å². The van der Waals surface area contributed by atoms with Crippen LogP contribution in [0.4, 0.5) is 5.82 Å². The molecule has 0 atom stereocenters. The second-order valence-corrected chi connectivity index (χ2v) is 8.94. The van der Waals surface area contributed by atoms with E-state index in [-0.39, 0.29) is 18.3 Å². The molecule has 2 aromatic heterocycles. The van der Waals surface area contributed by atoms with Crippen molar-refractivity contribution < 1.29 is 9.90 Å². The van der Waals surface area contributed by atoms with Crippen LogP contribution < -0.4 is 4.90 Å². The fraction of sp³-hybridized carbons (Fsp3) is 0.320. The largest absolute Gasteiger partial charge is 0.393 e. The third-order valence-corrected chi connectivity index (χ3v) is 5.88. The third-order valence-electron chi connectivity index (χ3n) is 5.63. The highest BCUT2D eigenvalue weighted by molar-refractivity contribution is 6.30. The van der Waals surface area contributed by atoms with Crippen LogP contribution in [0.15, 0.2) is 60.0 Å². The Labute approximate surface area is 198 Å². The van der Waals surface area contributed by atoms with E-state index >= 15 is 0 Å². The van der Waals surface area contributed by atoms with Crippen molar-refractivity contribution in [1.29, 1.82) is 0 Å². The van der Waals surface area contributed by atoms with Crippen LogP contribution in [0.3, 0.4) is 0 Å². The minimum absolute atomic E-state index is 0.0400. The van der Waals surface area contributed by atoms with Gasteiger partial charge in [-0.3, -0.25) is 4.79 Å². The maximum Gasteiger partial charge on any atom is 0.185 e. The van der Waals surface area contributed by atoms with Gasteiger partial charge in [-0.05, 0) is 48.2 Å². The average Bonchev–Trinajstić information content (AvgIpc) is 3.24. The van der Waals surface area contributed by atoms with Crippen LogP contribution in [0.5, 0.6) is 0 Å². The number of rotatable bonds is 7. The van der Waals surface area contributed by atoms with Crippen LogP contribution >= 0.6 is 11.6 Å². The molecule has 33 heavy (non-hydrogen) atoms. The molecule has 1 aliphatic heterocycles. The molecule has 1 saturated heterocycles. The first-order chi connectivity index (χ1) is 15.9. The molecule has 172 valence electrons. The van der Waals surface area contributed by atoms with E-state index in [2.05, 4.69) is 15.0 Å². The maximum absolute atomic E-state index is 13.2. The number of aliphatic hydroxyl groups excluding tert-OH is 1. The molecule has 3 heterocycles. The molecule has 0 unspecified atom stereocenters. The quantitative estimate of drug-likeness (QED) is 0.325. The number of benzene rings is 1. The van der Waals surface area contributed by atoms with Gasteiger partial charge < -0.3 is 14.9 Å². The van der Waals surface area contributed by atoms with Crippen molar-refractivity contribution in [2.45, 2.75) is 25.4 Å². The normalized spacial score (nSPS) is 14.7. The van der Waals surface area contributed by atoms with Crippen molar-refractivity contribution in [2.75, 3.05) is 32.1 Å². The summed E-state index contributed by atoms with van der Waals surface area (Å²) in [5.74, 6) is 0.837. The molecule has 1 aromatic carbocycles. The minimum Gasteiger partial charge on any atom is -0.393 e. The van der Waals surface area contributed by atoms with Gasteiger partial charge in [0.1, 0.15) is 17.9 Å². The number of pyridine rings is 1. The molecule has 0 saturated carbocycles. The number of aliphatic hydroxyl groups is 1. The van der Waals surface area contributed by atoms with Crippen molar-refractivity contribution >= 4 is 29.5 Å². The molecule has 0 bridgehead atoms. The summed E-state index contributed by atoms with van der Waals surface area (Å²) in [6.45, 7) is 1.58. The lowest BCUT2D eigenvalue weighted by atomic mass is 10.1. The minimum atomic E-state index is -0.220. The fourth-order valence-corrected chi connectivity index (χ4v) is 3.92. The molecule has 8 heteroatoms. The number of hydrogen-bond donors (Lipinski definition) is 1. The Kier molecular flexibility index (Phi) is 7.11. The van der Waals surface area contributed by atoms with Crippen molar-refractivity contribution in [3.05, 3.63) is 71.1 Å². The van der Waals surface area contributed by atoms with Gasteiger partial charge in [0.25, 0.3) is 0 Å². The summed E-state index contributed by atoms with van der Waals surface area (Å²) in [6.07, 6.45) is 6.78. The number of carbonyl (C=O) groups is 1. The summed E-state index contributed by atoms with van der Waals surface area (Å²) in [5.41, 5.74) is 3.21. The first-order valence-electron chi connectivity index (χ1n) is 11.0. The summed E-state index contributed by atoms with van der Waals surface area (Å²) in [4.78, 5) is 21.7. The number of hydrogen-bond acceptors (Lipinski definition) is 5. The van der Waals surface area contributed by atoms with E-state index in [9.17, 15) is 9.90 Å². The number of halogens is 1. The number of aromatic nitrogens is 2. The van der Waals surface area contributed by atoms with Crippen molar-refractivity contribution in [1.82, 2.24) is 14.6 Å². The Morgan fingerprint density at radius 1 is 1.18 bits per heavy atom. The summed E-state index contributed by atoms with van der Waals surface area (Å²) in [7, 11) is 3.76. The highest BCUT2D eigenvalue weighted by Gasteiger charge is 2.19. The highest BCUT2D eigenvalue weighted by Crippen LogP contribution is 2.25. The molecule has 0 spiro atoms. The zero-order valence-electron chi connectivity index (χ0n) is 18.9. The molecule has 0 radical (unpaired) electrons. The van der Waals surface area contributed by atoms with E-state index in [1.165, 1.54) is 0 Å². The topological polar surface area (TPSA) is 74.0 Å². The molecule has 3 aromatic rings. The molecule has 1 N–H and O–H groups in total. The van der Waals surface area contributed by atoms with E-state index < -0.39 is 0 Å². The van der Waals surface area contributed by atoms with Crippen LogP contribution in [0.25, 0.3) is 11.1 Å². The highest BCUT2D eigenvalue weighted by atomic mass is 35.5. The second kappa shape index (κ2) is 10.2. The van der Waals surface area contributed by atoms with Gasteiger partial charge in [-0.1, -0.05) is 29.8 Å². The van der Waals surface area contributed by atoms with Crippen LogP contribution in [0.1, 0.15) is 28.9 Å². The lowest BCUT2D eigenvalue weighted by Gasteiger charge is -2.30. The maximum atomic E-state index is 13.2. The summed E-state index contributed by atoms with van der Waals surface area (Å²) in [5, 5.41) is 14.8. The lowest BCUT2D eigenvalue weighted by Crippen LogP contribution is -2.36. The molecular formula is C25H28ClN5O2. The van der Waals surface area contributed by atoms with Gasteiger partial charge in [0.05, 0.1) is 6.10 Å². The Morgan fingerprint density at radius 3 is 2.55 bits per heavy atom. The van der Waals surface area contributed by atoms with Gasteiger partial charge in [0.2, 0.25) is 0 Å². The zero-order valence-corrected chi connectivity index (χ0v) is 19.6. The van der Waals surface area contributed by atoms with Crippen LogP contribution in [-0.4, -0.2) is 65.1 Å². The number of piperidine rings is 1. The predicted octanol–water partition coefficient (Wildman–Crippen LogP) is 3.94. The number of anilines is 1. The summed E-state index contributed by atoms with van der Waals surface area (Å²) >= 11 is 6.02. The monoisotopic (exact) mass is 465 g/mol. The molecule has 7 nitrogen and oxygen atoms in total. The standard InChI is InChI=1S/C25H28ClN5O2/c1-29(2)17-28-31-16-20(19-4-6-21(26)7-5-19)14-23(31)24(33)13-18-3-8-25(27-15-18)30-11-9-22(32)10-12-30/h3-8,14-17,22,32H,9-13H2,1-2H3/b28-17+. The first kappa shape index (κ1) is 23.0. The van der Waals surface area contributed by atoms with Gasteiger partial charge >= 0.3 is 0 Å². The number of Topliss-reactive ketones (excluding diaryl/α,β-unsaturated/α-hetero) is 1. The number of nitrogens with zero attached hydrogens (tertiary/aromatic N) is 5. The van der Waals surface area contributed by atoms with Crippen LogP contribution in [0.2, 0.25) is 5.02 Å². The van der Waals surface area contributed by atoms with Gasteiger partial charge in [-0.25, -0.2) is 9.66 Å². The van der Waals surface area contributed by atoms with E-state index in [0.717, 1.165) is 48.4 Å². The smallest absolute Gasteiger partial charge is 0.185 e. The Hall–Kier alpha value is -3.16. The van der Waals surface area contributed by atoms with Crippen molar-refractivity contribution in [2.24, 2.45) is 5.10 Å². The fourth-order valence-electron chi connectivity index (χ4n) is 3.79. The van der Waals surface area contributed by atoms with Crippen molar-refractivity contribution in [3.63, 3.8) is 0 Å². The van der Waals surface area contributed by atoms with Gasteiger partial charge in [-0.2, -0.15) is 5.10 Å². The lowest BCUT2D eigenvalue weighted by molar-refractivity contribution is 0.0985. The van der Waals surface area contributed by atoms with E-state index in [4.69, 9.17) is 11.6 Å². The van der Waals surface area contributed by atoms with E-state index in [0.29, 0.717) is 10.7 Å². The molecule has 0 aliphatic carbocycles. The summed E-state index contributed by atoms with van der Waals surface area (Å²) in [6, 6.07) is 13.3. The molecule has 4 rings (SSSR count). The number of ketones is 1. The van der Waals surface area contributed by atoms with Crippen LogP contribution in [0, 0.1) is 0 Å². The number of carbonyl (C=O) groups excluding carboxylic acids is 1. The van der Waals surface area contributed by atoms with Gasteiger partial charge in [0, 0.05) is 56.6 Å². The Balaban J connectivity index is 1.53. The van der Waals surface area contributed by atoms with Gasteiger partial charge in [-0.15, -0.1) is 0 Å². The Bertz CT molecular complexity index is 1110. The molecule has 0 amide bonds. The van der Waals surface area contributed by atoms with Gasteiger partial charge in [0.15, 0.2) is 5.78 Å². The first-order valence-corrected chi connectivity index (χ1v) is 11.4. The molecule has 1 aliphatic rings. The average molecular weight is 466 g/mol. The van der Waals surface area contributed by atoms with Crippen LogP contribution in [-0.2, 0) is 6.42 Å². The second-order valence-electron chi connectivity index (χ2n) is 8.50. The SMILES string of the molecule is CN(C)/C=N/n1cc(-c2ccc(Cl)cc2)cc1C(=O)Cc1ccc(N2CCC(O)CC2)nc1. The molecular weight excluding hydrogens is 438 g/mol.